The van der Waals surface area contributed by atoms with Gasteiger partial charge in [0.1, 0.15) is 18.2 Å². The Labute approximate surface area is 165 Å². The number of hydrogen-bond acceptors (Lipinski definition) is 7. The number of nitro benzene ring substituents is 1. The molecule has 0 bridgehead atoms. The Balaban J connectivity index is 1.84. The zero-order valence-corrected chi connectivity index (χ0v) is 15.7. The van der Waals surface area contributed by atoms with Crippen molar-refractivity contribution in [3.63, 3.8) is 0 Å². The minimum atomic E-state index is -0.633. The van der Waals surface area contributed by atoms with Gasteiger partial charge in [0.25, 0.3) is 0 Å². The van der Waals surface area contributed by atoms with E-state index >= 15 is 0 Å². The molecule has 1 aromatic heterocycles. The maximum Gasteiger partial charge on any atom is 0.311 e. The van der Waals surface area contributed by atoms with Crippen molar-refractivity contribution in [2.24, 2.45) is 5.10 Å². The number of rotatable bonds is 7. The van der Waals surface area contributed by atoms with Crippen molar-refractivity contribution in [1.29, 1.82) is 0 Å². The Bertz CT molecular complexity index is 1080. The second kappa shape index (κ2) is 8.38. The quantitative estimate of drug-likeness (QED) is 0.370. The summed E-state index contributed by atoms with van der Waals surface area (Å²) in [5.41, 5.74) is 7.48. The van der Waals surface area contributed by atoms with Gasteiger partial charge in [-0.1, -0.05) is 0 Å². The summed E-state index contributed by atoms with van der Waals surface area (Å²) in [5, 5.41) is 15.4. The first-order valence-electron chi connectivity index (χ1n) is 8.47. The fourth-order valence-electron chi connectivity index (χ4n) is 2.63. The van der Waals surface area contributed by atoms with Crippen molar-refractivity contribution in [1.82, 2.24) is 9.66 Å². The van der Waals surface area contributed by atoms with Gasteiger partial charge in [0, 0.05) is 17.7 Å². The SMILES string of the molecule is COc1ccc(C=Nn2cc(C)nc2N)cc1COc1cc(F)ccc1[N+](=O)[O-]. The lowest BCUT2D eigenvalue weighted by molar-refractivity contribution is -0.386. The molecular weight excluding hydrogens is 381 g/mol. The molecule has 150 valence electrons. The molecule has 0 fully saturated rings. The predicted octanol–water partition coefficient (Wildman–Crippen LogP) is 3.29. The number of ether oxygens (including phenoxy) is 2. The number of hydrogen-bond donors (Lipinski definition) is 1. The summed E-state index contributed by atoms with van der Waals surface area (Å²) in [7, 11) is 1.49. The van der Waals surface area contributed by atoms with Gasteiger partial charge in [0.15, 0.2) is 5.75 Å². The maximum absolute atomic E-state index is 13.5. The Morgan fingerprint density at radius 2 is 2.10 bits per heavy atom. The minimum absolute atomic E-state index is 0.0680. The largest absolute Gasteiger partial charge is 0.496 e. The van der Waals surface area contributed by atoms with E-state index in [1.807, 2.05) is 0 Å². The molecule has 2 N–H and O–H groups in total. The van der Waals surface area contributed by atoms with Crippen LogP contribution in [0.25, 0.3) is 0 Å². The number of nitrogens with zero attached hydrogens (tertiary/aromatic N) is 4. The number of nitrogen functional groups attached to an aromatic ring is 1. The van der Waals surface area contributed by atoms with Crippen LogP contribution in [-0.4, -0.2) is 27.9 Å². The first-order chi connectivity index (χ1) is 13.9. The monoisotopic (exact) mass is 399 g/mol. The third kappa shape index (κ3) is 4.67. The number of anilines is 1. The molecule has 0 saturated carbocycles. The van der Waals surface area contributed by atoms with Gasteiger partial charge in [-0.3, -0.25) is 10.1 Å². The van der Waals surface area contributed by atoms with E-state index in [0.29, 0.717) is 16.9 Å². The number of halogens is 1. The van der Waals surface area contributed by atoms with E-state index in [2.05, 4.69) is 10.1 Å². The molecule has 10 heteroatoms. The summed E-state index contributed by atoms with van der Waals surface area (Å²) in [6.45, 7) is 1.73. The Morgan fingerprint density at radius 3 is 2.76 bits per heavy atom. The van der Waals surface area contributed by atoms with Gasteiger partial charge in [0.2, 0.25) is 5.95 Å². The van der Waals surface area contributed by atoms with E-state index in [4.69, 9.17) is 15.2 Å². The molecule has 3 rings (SSSR count). The molecule has 0 aliphatic rings. The maximum atomic E-state index is 13.5. The van der Waals surface area contributed by atoms with E-state index in [1.54, 1.807) is 37.5 Å². The fraction of sp³-hybridized carbons (Fsp3) is 0.158. The first-order valence-corrected chi connectivity index (χ1v) is 8.47. The van der Waals surface area contributed by atoms with Crippen molar-refractivity contribution >= 4 is 17.9 Å². The smallest absolute Gasteiger partial charge is 0.311 e. The van der Waals surface area contributed by atoms with E-state index < -0.39 is 10.7 Å². The summed E-state index contributed by atoms with van der Waals surface area (Å²) in [5.74, 6) is -0.0297. The van der Waals surface area contributed by atoms with Crippen LogP contribution < -0.4 is 15.2 Å². The number of nitro groups is 1. The van der Waals surface area contributed by atoms with E-state index in [0.717, 1.165) is 23.9 Å². The third-order valence-corrected chi connectivity index (χ3v) is 3.97. The molecule has 9 nitrogen and oxygen atoms in total. The van der Waals surface area contributed by atoms with Gasteiger partial charge in [-0.05, 0) is 36.8 Å². The lowest BCUT2D eigenvalue weighted by Gasteiger charge is -2.11. The Hall–Kier alpha value is -3.95. The topological polar surface area (TPSA) is 118 Å². The Kier molecular flexibility index (Phi) is 5.72. The molecule has 1 heterocycles. The normalized spacial score (nSPS) is 11.0. The lowest BCUT2D eigenvalue weighted by atomic mass is 10.1. The molecule has 3 aromatic rings. The second-order valence-corrected chi connectivity index (χ2v) is 6.06. The van der Waals surface area contributed by atoms with Gasteiger partial charge in [-0.15, -0.1) is 0 Å². The van der Waals surface area contributed by atoms with Crippen LogP contribution in [0, 0.1) is 22.9 Å². The predicted molar refractivity (Wildman–Crippen MR) is 105 cm³/mol. The summed E-state index contributed by atoms with van der Waals surface area (Å²) >= 11 is 0. The van der Waals surface area contributed by atoms with Crippen LogP contribution >= 0.6 is 0 Å². The highest BCUT2D eigenvalue weighted by Gasteiger charge is 2.17. The number of aryl methyl sites for hydroxylation is 1. The zero-order chi connectivity index (χ0) is 21.0. The molecule has 29 heavy (non-hydrogen) atoms. The van der Waals surface area contributed by atoms with E-state index in [-0.39, 0.29) is 24.0 Å². The Morgan fingerprint density at radius 1 is 1.31 bits per heavy atom. The van der Waals surface area contributed by atoms with Gasteiger partial charge >= 0.3 is 5.69 Å². The van der Waals surface area contributed by atoms with Gasteiger partial charge in [0.05, 0.1) is 30.1 Å². The molecule has 0 saturated heterocycles. The summed E-state index contributed by atoms with van der Waals surface area (Å²) in [6, 6.07) is 8.27. The summed E-state index contributed by atoms with van der Waals surface area (Å²) in [6.07, 6.45) is 3.26. The lowest BCUT2D eigenvalue weighted by Crippen LogP contribution is -2.03. The van der Waals surface area contributed by atoms with Crippen molar-refractivity contribution in [2.45, 2.75) is 13.5 Å². The highest BCUT2D eigenvalue weighted by molar-refractivity contribution is 5.80. The number of aromatic nitrogens is 2. The second-order valence-electron chi connectivity index (χ2n) is 6.06. The highest BCUT2D eigenvalue weighted by atomic mass is 19.1. The van der Waals surface area contributed by atoms with Crippen LogP contribution in [0.2, 0.25) is 0 Å². The number of nitrogens with two attached hydrogens (primary N) is 1. The van der Waals surface area contributed by atoms with Gasteiger partial charge in [-0.2, -0.15) is 5.10 Å². The van der Waals surface area contributed by atoms with Crippen LogP contribution in [0.15, 0.2) is 47.7 Å². The summed E-state index contributed by atoms with van der Waals surface area (Å²) in [4.78, 5) is 14.5. The summed E-state index contributed by atoms with van der Waals surface area (Å²) < 4.78 is 25.7. The molecular formula is C19H18FN5O4. The van der Waals surface area contributed by atoms with Crippen LogP contribution in [0.5, 0.6) is 11.5 Å². The van der Waals surface area contributed by atoms with Gasteiger partial charge < -0.3 is 15.2 Å². The molecule has 0 aliphatic heterocycles. The number of benzene rings is 2. The molecule has 0 unspecified atom stereocenters. The van der Waals surface area contributed by atoms with Crippen molar-refractivity contribution < 1.29 is 18.8 Å². The molecule has 0 spiro atoms. The number of methoxy groups -OCH3 is 1. The number of imidazole rings is 1. The van der Waals surface area contributed by atoms with Crippen molar-refractivity contribution in [2.75, 3.05) is 12.8 Å². The fourth-order valence-corrected chi connectivity index (χ4v) is 2.63. The standard InChI is InChI=1S/C19H18FN5O4/c1-12-10-24(19(21)23-12)22-9-13-3-6-17(28-2)14(7-13)11-29-18-8-15(20)4-5-16(18)25(26)27/h3-10H,11H2,1-2H3,(H2,21,23). The van der Waals surface area contributed by atoms with Crippen molar-refractivity contribution in [3.8, 4) is 11.5 Å². The molecule has 0 radical (unpaired) electrons. The van der Waals surface area contributed by atoms with Gasteiger partial charge in [-0.25, -0.2) is 14.1 Å². The van der Waals surface area contributed by atoms with E-state index in [9.17, 15) is 14.5 Å². The van der Waals surface area contributed by atoms with E-state index in [1.165, 1.54) is 11.8 Å². The molecule has 0 aliphatic carbocycles. The average Bonchev–Trinajstić information content (AvgIpc) is 3.01. The average molecular weight is 399 g/mol. The molecule has 0 amide bonds. The van der Waals surface area contributed by atoms with Crippen LogP contribution in [0.1, 0.15) is 16.8 Å². The van der Waals surface area contributed by atoms with Crippen LogP contribution in [0.3, 0.4) is 0 Å². The highest BCUT2D eigenvalue weighted by Crippen LogP contribution is 2.29. The van der Waals surface area contributed by atoms with Crippen LogP contribution in [0.4, 0.5) is 16.0 Å². The molecule has 0 atom stereocenters. The third-order valence-electron chi connectivity index (χ3n) is 3.97. The molecule has 2 aromatic carbocycles. The zero-order valence-electron chi connectivity index (χ0n) is 15.7. The van der Waals surface area contributed by atoms with Crippen LogP contribution in [-0.2, 0) is 6.61 Å². The minimum Gasteiger partial charge on any atom is -0.496 e. The van der Waals surface area contributed by atoms with Crippen molar-refractivity contribution in [3.05, 3.63) is 75.3 Å². The first kappa shape index (κ1) is 19.8.